The largest absolute Gasteiger partial charge is 0.453 e. The van der Waals surface area contributed by atoms with E-state index in [1.165, 1.54) is 31.0 Å². The smallest absolute Gasteiger partial charge is 0.230 e. The van der Waals surface area contributed by atoms with E-state index in [1.807, 2.05) is 41.9 Å². The van der Waals surface area contributed by atoms with Crippen LogP contribution in [0.3, 0.4) is 0 Å². The second-order valence-corrected chi connectivity index (χ2v) is 8.18. The minimum Gasteiger partial charge on any atom is -0.453 e. The number of amides is 1. The first kappa shape index (κ1) is 18.1. The van der Waals surface area contributed by atoms with Crippen molar-refractivity contribution in [1.82, 2.24) is 20.1 Å². The van der Waals surface area contributed by atoms with Gasteiger partial charge in [-0.25, -0.2) is 0 Å². The van der Waals surface area contributed by atoms with E-state index in [1.54, 1.807) is 0 Å². The van der Waals surface area contributed by atoms with Gasteiger partial charge in [-0.05, 0) is 30.9 Å². The Balaban J connectivity index is 1.41. The molecule has 3 aromatic rings. The number of fused-ring (bicyclic) bond motifs is 1. The zero-order valence-corrected chi connectivity index (χ0v) is 16.5. The van der Waals surface area contributed by atoms with Crippen molar-refractivity contribution in [2.45, 2.75) is 43.8 Å². The number of nitrogens with one attached hydrogen (secondary N) is 1. The second-order valence-electron chi connectivity index (χ2n) is 7.24. The Bertz CT molecular complexity index is 916. The predicted octanol–water partition coefficient (Wildman–Crippen LogP) is 4.02. The average molecular weight is 385 g/mol. The summed E-state index contributed by atoms with van der Waals surface area (Å²) in [5.41, 5.74) is 0.825. The normalized spacial score (nSPS) is 20.1. The molecule has 0 unspecified atom stereocenters. The minimum atomic E-state index is 0.0621. The fraction of sp³-hybridized carbons (Fsp3) is 0.450. The van der Waals surface area contributed by atoms with Gasteiger partial charge < -0.3 is 14.3 Å². The molecule has 0 radical (unpaired) electrons. The van der Waals surface area contributed by atoms with Crippen LogP contribution in [-0.2, 0) is 11.8 Å². The molecule has 1 aromatic carbocycles. The van der Waals surface area contributed by atoms with E-state index in [9.17, 15) is 4.79 Å². The maximum absolute atomic E-state index is 12.3. The van der Waals surface area contributed by atoms with Crippen molar-refractivity contribution in [3.63, 3.8) is 0 Å². The van der Waals surface area contributed by atoms with Crippen LogP contribution in [-0.4, -0.2) is 32.5 Å². The number of benzene rings is 1. The van der Waals surface area contributed by atoms with Gasteiger partial charge in [-0.2, -0.15) is 0 Å². The minimum absolute atomic E-state index is 0.0621. The summed E-state index contributed by atoms with van der Waals surface area (Å²) in [7, 11) is 1.89. The lowest BCUT2D eigenvalue weighted by atomic mass is 9.86. The van der Waals surface area contributed by atoms with Gasteiger partial charge >= 0.3 is 0 Å². The Labute approximate surface area is 162 Å². The molecule has 6 nitrogen and oxygen atoms in total. The summed E-state index contributed by atoms with van der Waals surface area (Å²) in [6, 6.07) is 10.1. The van der Waals surface area contributed by atoms with Gasteiger partial charge in [-0.15, -0.1) is 10.2 Å². The van der Waals surface area contributed by atoms with E-state index in [4.69, 9.17) is 4.42 Å². The Kier molecular flexibility index (Phi) is 5.20. The lowest BCUT2D eigenvalue weighted by Gasteiger charge is -2.29. The fourth-order valence-corrected chi connectivity index (χ4v) is 4.38. The molecule has 142 valence electrons. The average Bonchev–Trinajstić information content (AvgIpc) is 3.25. The second kappa shape index (κ2) is 7.76. The number of hydrogen-bond donors (Lipinski definition) is 1. The quantitative estimate of drug-likeness (QED) is 0.673. The molecule has 2 heterocycles. The van der Waals surface area contributed by atoms with Crippen LogP contribution in [0.4, 0.5) is 0 Å². The van der Waals surface area contributed by atoms with Gasteiger partial charge in [0.15, 0.2) is 16.7 Å². The summed E-state index contributed by atoms with van der Waals surface area (Å²) in [4.78, 5) is 12.3. The molecule has 1 amide bonds. The van der Waals surface area contributed by atoms with Crippen LogP contribution in [0.15, 0.2) is 39.9 Å². The molecular weight excluding hydrogens is 360 g/mol. The first-order chi connectivity index (χ1) is 13.1. The highest BCUT2D eigenvalue weighted by atomic mass is 32.2. The standard InChI is InChI=1S/C20H24N4O2S/c1-13-7-3-5-9-15(13)21-18(25)12-27-20-23-22-19(24(20)2)17-11-14-8-4-6-10-16(14)26-17/h4,6,8,10-11,13,15H,3,5,7,9,12H2,1-2H3,(H,21,25)/t13-,15-/m0/s1. The molecule has 0 spiro atoms. The molecule has 1 aliphatic rings. The molecule has 0 bridgehead atoms. The molecule has 0 saturated heterocycles. The van der Waals surface area contributed by atoms with E-state index in [0.717, 1.165) is 17.4 Å². The van der Waals surface area contributed by atoms with E-state index in [0.29, 0.717) is 34.5 Å². The van der Waals surface area contributed by atoms with Crippen LogP contribution in [0.1, 0.15) is 32.6 Å². The number of para-hydroxylation sites is 1. The number of furan rings is 1. The van der Waals surface area contributed by atoms with Crippen molar-refractivity contribution in [2.75, 3.05) is 5.75 Å². The van der Waals surface area contributed by atoms with E-state index >= 15 is 0 Å². The highest BCUT2D eigenvalue weighted by Crippen LogP contribution is 2.28. The zero-order chi connectivity index (χ0) is 18.8. The summed E-state index contributed by atoms with van der Waals surface area (Å²) >= 11 is 1.40. The van der Waals surface area contributed by atoms with Crippen molar-refractivity contribution in [3.8, 4) is 11.6 Å². The van der Waals surface area contributed by atoms with Crippen molar-refractivity contribution in [3.05, 3.63) is 30.3 Å². The summed E-state index contributed by atoms with van der Waals surface area (Å²) in [6.45, 7) is 2.22. The summed E-state index contributed by atoms with van der Waals surface area (Å²) in [5.74, 6) is 2.30. The predicted molar refractivity (Wildman–Crippen MR) is 106 cm³/mol. The third-order valence-corrected chi connectivity index (χ3v) is 6.29. The molecule has 1 aliphatic carbocycles. The third kappa shape index (κ3) is 3.88. The number of carbonyl (C=O) groups is 1. The molecule has 1 saturated carbocycles. The number of nitrogens with zero attached hydrogens (tertiary/aromatic N) is 3. The van der Waals surface area contributed by atoms with Crippen LogP contribution in [0, 0.1) is 5.92 Å². The summed E-state index contributed by atoms with van der Waals surface area (Å²) < 4.78 is 7.75. The van der Waals surface area contributed by atoms with Gasteiger partial charge in [-0.3, -0.25) is 4.79 Å². The molecule has 2 aromatic heterocycles. The number of rotatable bonds is 5. The van der Waals surface area contributed by atoms with Crippen LogP contribution in [0.2, 0.25) is 0 Å². The van der Waals surface area contributed by atoms with Gasteiger partial charge in [0, 0.05) is 18.5 Å². The van der Waals surface area contributed by atoms with Crippen LogP contribution >= 0.6 is 11.8 Å². The van der Waals surface area contributed by atoms with E-state index in [-0.39, 0.29) is 5.91 Å². The summed E-state index contributed by atoms with van der Waals surface area (Å²) in [5, 5.41) is 13.4. The van der Waals surface area contributed by atoms with Crippen molar-refractivity contribution in [2.24, 2.45) is 13.0 Å². The Morgan fingerprint density at radius 1 is 1.30 bits per heavy atom. The molecule has 4 rings (SSSR count). The Morgan fingerprint density at radius 3 is 2.93 bits per heavy atom. The highest BCUT2D eigenvalue weighted by molar-refractivity contribution is 7.99. The van der Waals surface area contributed by atoms with Gasteiger partial charge in [0.05, 0.1) is 5.75 Å². The van der Waals surface area contributed by atoms with Gasteiger partial charge in [-0.1, -0.05) is 49.7 Å². The summed E-state index contributed by atoms with van der Waals surface area (Å²) in [6.07, 6.45) is 4.75. The third-order valence-electron chi connectivity index (χ3n) is 5.27. The zero-order valence-electron chi connectivity index (χ0n) is 15.6. The topological polar surface area (TPSA) is 73.0 Å². The molecule has 1 N–H and O–H groups in total. The SMILES string of the molecule is C[C@H]1CCCC[C@@H]1NC(=O)CSc1nnc(-c2cc3ccccc3o2)n1C. The number of aromatic nitrogens is 3. The van der Waals surface area contributed by atoms with Crippen LogP contribution in [0.25, 0.3) is 22.6 Å². The van der Waals surface area contributed by atoms with Crippen LogP contribution < -0.4 is 5.32 Å². The van der Waals surface area contributed by atoms with Crippen molar-refractivity contribution >= 4 is 28.6 Å². The highest BCUT2D eigenvalue weighted by Gasteiger charge is 2.23. The molecule has 0 aliphatic heterocycles. The van der Waals surface area contributed by atoms with Crippen LogP contribution in [0.5, 0.6) is 0 Å². The molecule has 27 heavy (non-hydrogen) atoms. The number of thioether (sulfide) groups is 1. The Morgan fingerprint density at radius 2 is 2.11 bits per heavy atom. The van der Waals surface area contributed by atoms with Crippen molar-refractivity contribution in [1.29, 1.82) is 0 Å². The molecular formula is C20H24N4O2S. The van der Waals surface area contributed by atoms with Gasteiger partial charge in [0.2, 0.25) is 5.91 Å². The maximum atomic E-state index is 12.3. The van der Waals surface area contributed by atoms with Crippen molar-refractivity contribution < 1.29 is 9.21 Å². The molecule has 1 fully saturated rings. The lowest BCUT2D eigenvalue weighted by molar-refractivity contribution is -0.119. The monoisotopic (exact) mass is 384 g/mol. The maximum Gasteiger partial charge on any atom is 0.230 e. The Hall–Kier alpha value is -2.28. The first-order valence-electron chi connectivity index (χ1n) is 9.42. The van der Waals surface area contributed by atoms with Gasteiger partial charge in [0.25, 0.3) is 0 Å². The number of carbonyl (C=O) groups excluding carboxylic acids is 1. The first-order valence-corrected chi connectivity index (χ1v) is 10.4. The van der Waals surface area contributed by atoms with Gasteiger partial charge in [0.1, 0.15) is 5.58 Å². The van der Waals surface area contributed by atoms with E-state index in [2.05, 4.69) is 22.4 Å². The number of hydrogen-bond acceptors (Lipinski definition) is 5. The van der Waals surface area contributed by atoms with E-state index < -0.39 is 0 Å². The fourth-order valence-electron chi connectivity index (χ4n) is 3.66. The molecule has 7 heteroatoms. The lowest BCUT2D eigenvalue weighted by Crippen LogP contribution is -2.41. The molecule has 2 atom stereocenters.